The second-order valence-corrected chi connectivity index (χ2v) is 7.91. The van der Waals surface area contributed by atoms with E-state index in [1.807, 2.05) is 35.6 Å². The highest BCUT2D eigenvalue weighted by Gasteiger charge is 2.17. The van der Waals surface area contributed by atoms with Crippen LogP contribution >= 0.6 is 22.9 Å². The third kappa shape index (κ3) is 4.29. The smallest absolute Gasteiger partial charge is 0.262 e. The number of benzene rings is 2. The molecule has 0 saturated carbocycles. The summed E-state index contributed by atoms with van der Waals surface area (Å²) in [4.78, 5) is 15.9. The maximum atomic E-state index is 13.1. The molecular weight excluding hydrogens is 399 g/mol. The molecule has 0 aliphatic carbocycles. The van der Waals surface area contributed by atoms with E-state index in [-0.39, 0.29) is 17.5 Å². The fourth-order valence-corrected chi connectivity index (χ4v) is 4.20. The van der Waals surface area contributed by atoms with Crippen LogP contribution in [-0.2, 0) is 17.8 Å². The highest BCUT2D eigenvalue weighted by Crippen LogP contribution is 2.28. The van der Waals surface area contributed by atoms with Crippen LogP contribution in [0.2, 0.25) is 5.02 Å². The second kappa shape index (κ2) is 8.20. The fourth-order valence-electron chi connectivity index (χ4n) is 3.14. The molecule has 28 heavy (non-hydrogen) atoms. The van der Waals surface area contributed by atoms with Gasteiger partial charge in [-0.2, -0.15) is 0 Å². The Bertz CT molecular complexity index is 990. The van der Waals surface area contributed by atoms with Crippen LogP contribution in [0.3, 0.4) is 0 Å². The molecule has 1 N–H and O–H groups in total. The first-order valence-corrected chi connectivity index (χ1v) is 10.1. The maximum Gasteiger partial charge on any atom is 0.262 e. The molecular formula is C21H18ClFN2O2S. The lowest BCUT2D eigenvalue weighted by molar-refractivity contribution is -0.118. The predicted molar refractivity (Wildman–Crippen MR) is 111 cm³/mol. The molecule has 7 heteroatoms. The molecule has 2 aromatic carbocycles. The lowest BCUT2D eigenvalue weighted by Gasteiger charge is -2.29. The van der Waals surface area contributed by atoms with E-state index >= 15 is 0 Å². The molecule has 0 unspecified atom stereocenters. The number of carbonyl (C=O) groups is 1. The SMILES string of the molecule is O=C(COc1ccc(F)c(Cl)c1)Nc1ccc(N2CCc3sccc3C2)cc1. The first-order valence-electron chi connectivity index (χ1n) is 8.86. The van der Waals surface area contributed by atoms with Crippen molar-refractivity contribution in [2.75, 3.05) is 23.4 Å². The van der Waals surface area contributed by atoms with Gasteiger partial charge in [0.05, 0.1) is 5.02 Å². The van der Waals surface area contributed by atoms with Crippen molar-refractivity contribution in [3.63, 3.8) is 0 Å². The number of anilines is 2. The van der Waals surface area contributed by atoms with E-state index in [9.17, 15) is 9.18 Å². The van der Waals surface area contributed by atoms with Gasteiger partial charge in [-0.25, -0.2) is 4.39 Å². The molecule has 0 spiro atoms. The van der Waals surface area contributed by atoms with E-state index in [2.05, 4.69) is 21.7 Å². The Labute approximate surface area is 171 Å². The van der Waals surface area contributed by atoms with Gasteiger partial charge in [0, 0.05) is 35.4 Å². The zero-order valence-corrected chi connectivity index (χ0v) is 16.5. The summed E-state index contributed by atoms with van der Waals surface area (Å²) in [7, 11) is 0. The van der Waals surface area contributed by atoms with E-state index in [1.54, 1.807) is 0 Å². The minimum absolute atomic E-state index is 0.0409. The van der Waals surface area contributed by atoms with E-state index < -0.39 is 5.82 Å². The van der Waals surface area contributed by atoms with Crippen LogP contribution in [0, 0.1) is 5.82 Å². The third-order valence-corrected chi connectivity index (χ3v) is 5.90. The molecule has 4 nitrogen and oxygen atoms in total. The third-order valence-electron chi connectivity index (χ3n) is 4.58. The minimum atomic E-state index is -0.525. The topological polar surface area (TPSA) is 41.6 Å². The maximum absolute atomic E-state index is 13.1. The molecule has 1 aliphatic heterocycles. The number of nitrogens with one attached hydrogen (secondary N) is 1. The van der Waals surface area contributed by atoms with Crippen LogP contribution in [0.5, 0.6) is 5.75 Å². The van der Waals surface area contributed by atoms with Crippen molar-refractivity contribution in [2.24, 2.45) is 0 Å². The zero-order chi connectivity index (χ0) is 19.5. The molecule has 0 atom stereocenters. The van der Waals surface area contributed by atoms with E-state index in [1.165, 1.54) is 28.6 Å². The highest BCUT2D eigenvalue weighted by molar-refractivity contribution is 7.10. The largest absolute Gasteiger partial charge is 0.484 e. The molecule has 0 bridgehead atoms. The van der Waals surface area contributed by atoms with Gasteiger partial charge in [-0.15, -0.1) is 11.3 Å². The molecule has 144 valence electrons. The summed E-state index contributed by atoms with van der Waals surface area (Å²) in [5.74, 6) is -0.480. The fraction of sp³-hybridized carbons (Fsp3) is 0.190. The Morgan fingerprint density at radius 1 is 1.21 bits per heavy atom. The van der Waals surface area contributed by atoms with Crippen molar-refractivity contribution < 1.29 is 13.9 Å². The van der Waals surface area contributed by atoms with Gasteiger partial charge in [-0.3, -0.25) is 4.79 Å². The molecule has 1 amide bonds. The van der Waals surface area contributed by atoms with Gasteiger partial charge >= 0.3 is 0 Å². The zero-order valence-electron chi connectivity index (χ0n) is 15.0. The number of ether oxygens (including phenoxy) is 1. The number of hydrogen-bond donors (Lipinski definition) is 1. The number of hydrogen-bond acceptors (Lipinski definition) is 4. The number of thiophene rings is 1. The number of fused-ring (bicyclic) bond motifs is 1. The van der Waals surface area contributed by atoms with Crippen molar-refractivity contribution in [2.45, 2.75) is 13.0 Å². The molecule has 1 aromatic heterocycles. The molecule has 4 rings (SSSR count). The number of rotatable bonds is 5. The van der Waals surface area contributed by atoms with Gasteiger partial charge in [-0.1, -0.05) is 11.6 Å². The standard InChI is InChI=1S/C21H18ClFN2O2S/c22-18-11-17(5-6-19(18)23)27-13-21(26)24-15-1-3-16(4-2-15)25-9-7-20-14(12-25)8-10-28-20/h1-6,8,10-11H,7,9,12-13H2,(H,24,26). The number of carbonyl (C=O) groups excluding carboxylic acids is 1. The average molecular weight is 417 g/mol. The summed E-state index contributed by atoms with van der Waals surface area (Å²) in [6.45, 7) is 1.72. The Morgan fingerprint density at radius 3 is 2.82 bits per heavy atom. The molecule has 0 fully saturated rings. The van der Waals surface area contributed by atoms with Crippen LogP contribution < -0.4 is 15.0 Å². The van der Waals surface area contributed by atoms with Gasteiger partial charge in [0.2, 0.25) is 0 Å². The van der Waals surface area contributed by atoms with Gasteiger partial charge < -0.3 is 15.0 Å². The van der Waals surface area contributed by atoms with Crippen LogP contribution in [0.15, 0.2) is 53.9 Å². The molecule has 0 saturated heterocycles. The quantitative estimate of drug-likeness (QED) is 0.627. The molecule has 1 aliphatic rings. The van der Waals surface area contributed by atoms with Crippen molar-refractivity contribution in [3.8, 4) is 5.75 Å². The predicted octanol–water partition coefficient (Wildman–Crippen LogP) is 5.12. The molecule has 0 radical (unpaired) electrons. The summed E-state index contributed by atoms with van der Waals surface area (Å²) in [5, 5.41) is 4.90. The van der Waals surface area contributed by atoms with E-state index in [0.717, 1.165) is 25.2 Å². The lowest BCUT2D eigenvalue weighted by Crippen LogP contribution is -2.29. The normalized spacial score (nSPS) is 13.1. The average Bonchev–Trinajstić information content (AvgIpc) is 3.17. The Balaban J connectivity index is 1.31. The Morgan fingerprint density at radius 2 is 2.04 bits per heavy atom. The van der Waals surface area contributed by atoms with Gasteiger partial charge in [0.15, 0.2) is 6.61 Å². The summed E-state index contributed by atoms with van der Waals surface area (Å²) < 4.78 is 18.5. The summed E-state index contributed by atoms with van der Waals surface area (Å²) in [5.41, 5.74) is 3.22. The van der Waals surface area contributed by atoms with Crippen molar-refractivity contribution in [3.05, 3.63) is 75.2 Å². The monoisotopic (exact) mass is 416 g/mol. The number of amides is 1. The Kier molecular flexibility index (Phi) is 5.50. The van der Waals surface area contributed by atoms with Crippen molar-refractivity contribution in [1.82, 2.24) is 0 Å². The molecule has 2 heterocycles. The van der Waals surface area contributed by atoms with Gasteiger partial charge in [0.1, 0.15) is 11.6 Å². The van der Waals surface area contributed by atoms with Gasteiger partial charge in [-0.05, 0) is 59.8 Å². The highest BCUT2D eigenvalue weighted by atomic mass is 35.5. The first kappa shape index (κ1) is 18.8. The molecule has 3 aromatic rings. The second-order valence-electron chi connectivity index (χ2n) is 6.50. The van der Waals surface area contributed by atoms with Crippen LogP contribution in [0.25, 0.3) is 0 Å². The number of nitrogens with zero attached hydrogens (tertiary/aromatic N) is 1. The summed E-state index contributed by atoms with van der Waals surface area (Å²) in [6.07, 6.45) is 1.07. The summed E-state index contributed by atoms with van der Waals surface area (Å²) >= 11 is 7.52. The van der Waals surface area contributed by atoms with Crippen LogP contribution in [-0.4, -0.2) is 19.1 Å². The number of halogens is 2. The van der Waals surface area contributed by atoms with E-state index in [4.69, 9.17) is 16.3 Å². The first-order chi connectivity index (χ1) is 13.6. The summed E-state index contributed by atoms with van der Waals surface area (Å²) in [6, 6.07) is 13.9. The lowest BCUT2D eigenvalue weighted by atomic mass is 10.1. The van der Waals surface area contributed by atoms with Gasteiger partial charge in [0.25, 0.3) is 5.91 Å². The van der Waals surface area contributed by atoms with Crippen molar-refractivity contribution in [1.29, 1.82) is 0 Å². The Hall–Kier alpha value is -2.57. The van der Waals surface area contributed by atoms with E-state index in [0.29, 0.717) is 11.4 Å². The van der Waals surface area contributed by atoms with Crippen LogP contribution in [0.1, 0.15) is 10.4 Å². The van der Waals surface area contributed by atoms with Crippen molar-refractivity contribution >= 4 is 40.2 Å². The minimum Gasteiger partial charge on any atom is -0.484 e. The van der Waals surface area contributed by atoms with Crippen LogP contribution in [0.4, 0.5) is 15.8 Å².